The van der Waals surface area contributed by atoms with Crippen LogP contribution in [0.4, 0.5) is 11.4 Å². The van der Waals surface area contributed by atoms with Gasteiger partial charge >= 0.3 is 0 Å². The Morgan fingerprint density at radius 3 is 2.62 bits per heavy atom. The van der Waals surface area contributed by atoms with Crippen LogP contribution < -0.4 is 5.32 Å². The summed E-state index contributed by atoms with van der Waals surface area (Å²) in [5.74, 6) is -0.563. The monoisotopic (exact) mass is 299 g/mol. The molecule has 2 heterocycles. The van der Waals surface area contributed by atoms with E-state index in [1.54, 1.807) is 11.8 Å². The molecule has 1 N–H and O–H groups in total. The van der Waals surface area contributed by atoms with Gasteiger partial charge in [0, 0.05) is 21.8 Å². The van der Waals surface area contributed by atoms with Crippen LogP contribution in [0.5, 0.6) is 0 Å². The van der Waals surface area contributed by atoms with Crippen molar-refractivity contribution in [3.8, 4) is 0 Å². The van der Waals surface area contributed by atoms with Gasteiger partial charge in [-0.1, -0.05) is 36.9 Å². The van der Waals surface area contributed by atoms with Gasteiger partial charge in [0.25, 0.3) is 0 Å². The van der Waals surface area contributed by atoms with Gasteiger partial charge in [0.2, 0.25) is 0 Å². The number of ether oxygens (including phenoxy) is 2. The van der Waals surface area contributed by atoms with Crippen LogP contribution in [-0.4, -0.2) is 13.2 Å². The summed E-state index contributed by atoms with van der Waals surface area (Å²) in [6, 6.07) is 14.8. The highest BCUT2D eigenvalue weighted by Gasteiger charge is 2.37. The molecule has 4 heteroatoms. The molecular formula is C17H17NO2S. The van der Waals surface area contributed by atoms with Gasteiger partial charge in [0.15, 0.2) is 5.79 Å². The minimum absolute atomic E-state index is 0.563. The van der Waals surface area contributed by atoms with Crippen molar-refractivity contribution < 1.29 is 9.47 Å². The number of hydrogen-bond donors (Lipinski definition) is 1. The van der Waals surface area contributed by atoms with Crippen molar-refractivity contribution in [1.82, 2.24) is 0 Å². The van der Waals surface area contributed by atoms with E-state index in [2.05, 4.69) is 54.7 Å². The largest absolute Gasteiger partial charge is 0.354 e. The van der Waals surface area contributed by atoms with Crippen LogP contribution in [0.1, 0.15) is 18.9 Å². The van der Waals surface area contributed by atoms with Crippen molar-refractivity contribution >= 4 is 23.1 Å². The fourth-order valence-corrected chi connectivity index (χ4v) is 3.93. The molecule has 0 aliphatic carbocycles. The van der Waals surface area contributed by atoms with Crippen molar-refractivity contribution in [2.75, 3.05) is 18.5 Å². The Hall–Kier alpha value is -1.49. The molecule has 21 heavy (non-hydrogen) atoms. The lowest BCUT2D eigenvalue weighted by Crippen LogP contribution is -2.26. The third-order valence-electron chi connectivity index (χ3n) is 4.02. The molecular weight excluding hydrogens is 282 g/mol. The van der Waals surface area contributed by atoms with Crippen LogP contribution in [0.25, 0.3) is 0 Å². The molecule has 0 atom stereocenters. The fraction of sp³-hybridized carbons (Fsp3) is 0.294. The van der Waals surface area contributed by atoms with E-state index in [1.165, 1.54) is 15.5 Å². The normalized spacial score (nSPS) is 18.7. The molecule has 0 unspecified atom stereocenters. The standard InChI is InChI=1S/C17H17NO2S/c1-2-17(19-9-10-20-17)12-7-8-14-16(11-12)21-15-6-4-3-5-13(15)18-14/h3-8,11,18H,2,9-10H2,1H3. The Bertz CT molecular complexity index is 680. The average Bonchev–Trinajstić information content (AvgIpc) is 3.02. The maximum atomic E-state index is 5.88. The Morgan fingerprint density at radius 1 is 1.05 bits per heavy atom. The summed E-state index contributed by atoms with van der Waals surface area (Å²) >= 11 is 1.79. The van der Waals surface area contributed by atoms with Crippen LogP contribution in [0.3, 0.4) is 0 Å². The summed E-state index contributed by atoms with van der Waals surface area (Å²) in [4.78, 5) is 2.47. The second kappa shape index (κ2) is 5.05. The van der Waals surface area contributed by atoms with Crippen molar-refractivity contribution in [3.05, 3.63) is 48.0 Å². The van der Waals surface area contributed by atoms with Crippen molar-refractivity contribution in [3.63, 3.8) is 0 Å². The minimum Gasteiger partial charge on any atom is -0.354 e. The summed E-state index contributed by atoms with van der Waals surface area (Å²) in [5.41, 5.74) is 3.42. The summed E-state index contributed by atoms with van der Waals surface area (Å²) in [6.45, 7) is 3.43. The highest BCUT2D eigenvalue weighted by molar-refractivity contribution is 7.99. The van der Waals surface area contributed by atoms with Gasteiger partial charge in [0.05, 0.1) is 24.6 Å². The maximum Gasteiger partial charge on any atom is 0.194 e. The second-order valence-corrected chi connectivity index (χ2v) is 6.32. The third kappa shape index (κ3) is 2.14. The van der Waals surface area contributed by atoms with Crippen molar-refractivity contribution in [2.24, 2.45) is 0 Å². The highest BCUT2D eigenvalue weighted by Crippen LogP contribution is 2.46. The van der Waals surface area contributed by atoms with Crippen molar-refractivity contribution in [2.45, 2.75) is 28.9 Å². The number of fused-ring (bicyclic) bond motifs is 2. The molecule has 2 aromatic carbocycles. The van der Waals surface area contributed by atoms with E-state index in [4.69, 9.17) is 9.47 Å². The van der Waals surface area contributed by atoms with Crippen molar-refractivity contribution in [1.29, 1.82) is 0 Å². The Kier molecular flexibility index (Phi) is 3.17. The lowest BCUT2D eigenvalue weighted by molar-refractivity contribution is -0.167. The van der Waals surface area contributed by atoms with E-state index in [-0.39, 0.29) is 0 Å². The zero-order valence-electron chi connectivity index (χ0n) is 11.9. The van der Waals surface area contributed by atoms with E-state index < -0.39 is 5.79 Å². The SMILES string of the molecule is CCC1(c2ccc3c(c2)Sc2ccccc2N3)OCCO1. The van der Waals surface area contributed by atoms with Crippen LogP contribution in [0, 0.1) is 0 Å². The lowest BCUT2D eigenvalue weighted by atomic mass is 10.0. The molecule has 0 saturated carbocycles. The Balaban J connectivity index is 1.73. The Labute approximate surface area is 128 Å². The van der Waals surface area contributed by atoms with Gasteiger partial charge in [-0.05, 0) is 24.3 Å². The molecule has 2 aliphatic rings. The lowest BCUT2D eigenvalue weighted by Gasteiger charge is -2.28. The quantitative estimate of drug-likeness (QED) is 0.754. The molecule has 0 bridgehead atoms. The van der Waals surface area contributed by atoms with Gasteiger partial charge < -0.3 is 14.8 Å². The molecule has 1 saturated heterocycles. The number of hydrogen-bond acceptors (Lipinski definition) is 4. The average molecular weight is 299 g/mol. The Morgan fingerprint density at radius 2 is 1.81 bits per heavy atom. The number of benzene rings is 2. The van der Waals surface area contributed by atoms with Gasteiger partial charge in [-0.25, -0.2) is 0 Å². The van der Waals surface area contributed by atoms with Crippen LogP contribution in [0.15, 0.2) is 52.3 Å². The zero-order valence-corrected chi connectivity index (χ0v) is 12.7. The number of anilines is 2. The molecule has 0 aromatic heterocycles. The summed E-state index contributed by atoms with van der Waals surface area (Å²) in [5, 5.41) is 3.49. The fourth-order valence-electron chi connectivity index (χ4n) is 2.90. The molecule has 1 fully saturated rings. The van der Waals surface area contributed by atoms with E-state index in [1.807, 2.05) is 0 Å². The summed E-state index contributed by atoms with van der Waals surface area (Å²) in [6.07, 6.45) is 0.820. The van der Waals surface area contributed by atoms with Gasteiger partial charge in [-0.3, -0.25) is 0 Å². The molecule has 0 amide bonds. The molecule has 0 radical (unpaired) electrons. The molecule has 2 aromatic rings. The van der Waals surface area contributed by atoms with Crippen LogP contribution >= 0.6 is 11.8 Å². The summed E-state index contributed by atoms with van der Waals surface area (Å²) in [7, 11) is 0. The molecule has 108 valence electrons. The van der Waals surface area contributed by atoms with E-state index in [9.17, 15) is 0 Å². The highest BCUT2D eigenvalue weighted by atomic mass is 32.2. The molecule has 0 spiro atoms. The number of para-hydroxylation sites is 1. The predicted octanol–water partition coefficient (Wildman–Crippen LogP) is 4.50. The molecule has 2 aliphatic heterocycles. The van der Waals surface area contributed by atoms with E-state index in [0.717, 1.165) is 17.7 Å². The van der Waals surface area contributed by atoms with Crippen LogP contribution in [-0.2, 0) is 15.3 Å². The minimum atomic E-state index is -0.563. The first-order valence-corrected chi connectivity index (χ1v) is 8.09. The van der Waals surface area contributed by atoms with E-state index in [0.29, 0.717) is 13.2 Å². The number of rotatable bonds is 2. The number of nitrogens with one attached hydrogen (secondary N) is 1. The topological polar surface area (TPSA) is 30.5 Å². The second-order valence-electron chi connectivity index (χ2n) is 5.24. The zero-order chi connectivity index (χ0) is 14.3. The van der Waals surface area contributed by atoms with E-state index >= 15 is 0 Å². The first-order valence-electron chi connectivity index (χ1n) is 7.27. The van der Waals surface area contributed by atoms with Gasteiger partial charge in [0.1, 0.15) is 0 Å². The van der Waals surface area contributed by atoms with Gasteiger partial charge in [-0.2, -0.15) is 0 Å². The maximum absolute atomic E-state index is 5.88. The third-order valence-corrected chi connectivity index (χ3v) is 5.15. The molecule has 3 nitrogen and oxygen atoms in total. The summed E-state index contributed by atoms with van der Waals surface area (Å²) < 4.78 is 11.8. The molecule has 4 rings (SSSR count). The smallest absolute Gasteiger partial charge is 0.194 e. The predicted molar refractivity (Wildman–Crippen MR) is 84.2 cm³/mol. The van der Waals surface area contributed by atoms with Crippen LogP contribution in [0.2, 0.25) is 0 Å². The first kappa shape index (κ1) is 13.2. The first-order chi connectivity index (χ1) is 10.3. The van der Waals surface area contributed by atoms with Gasteiger partial charge in [-0.15, -0.1) is 0 Å².